The van der Waals surface area contributed by atoms with Gasteiger partial charge in [-0.15, -0.1) is 0 Å². The summed E-state index contributed by atoms with van der Waals surface area (Å²) in [5.74, 6) is 0.456. The summed E-state index contributed by atoms with van der Waals surface area (Å²) < 4.78 is 5.36. The van der Waals surface area contributed by atoms with E-state index in [0.717, 1.165) is 19.4 Å². The zero-order chi connectivity index (χ0) is 14.3. The average Bonchev–Trinajstić information content (AvgIpc) is 2.33. The third-order valence-corrected chi connectivity index (χ3v) is 2.58. The number of anilines is 1. The molecule has 6 nitrogen and oxygen atoms in total. The number of aromatic nitrogens is 3. The van der Waals surface area contributed by atoms with Gasteiger partial charge in [0, 0.05) is 6.04 Å². The van der Waals surface area contributed by atoms with Crippen LogP contribution in [0.15, 0.2) is 0 Å². The lowest BCUT2D eigenvalue weighted by Crippen LogP contribution is -2.24. The lowest BCUT2D eigenvalue weighted by atomic mass is 10.2. The van der Waals surface area contributed by atoms with Gasteiger partial charge in [-0.3, -0.25) is 0 Å². The van der Waals surface area contributed by atoms with Crippen LogP contribution in [0, 0.1) is 0 Å². The van der Waals surface area contributed by atoms with Gasteiger partial charge in [0.2, 0.25) is 11.2 Å². The zero-order valence-electron chi connectivity index (χ0n) is 12.0. The summed E-state index contributed by atoms with van der Waals surface area (Å²) in [5.41, 5.74) is 0. The number of hydrogen-bond donors (Lipinski definition) is 1. The molecule has 0 bridgehead atoms. The van der Waals surface area contributed by atoms with E-state index in [4.69, 9.17) is 16.3 Å². The molecule has 1 rings (SSSR count). The molecule has 1 atom stereocenters. The number of rotatable bonds is 8. The molecule has 0 aliphatic carbocycles. The predicted octanol–water partition coefficient (Wildman–Crippen LogP) is 2.07. The fourth-order valence-electron chi connectivity index (χ4n) is 1.40. The number of nitrogens with zero attached hydrogens (tertiary/aromatic N) is 4. The molecule has 1 heterocycles. The average molecular weight is 288 g/mol. The fraction of sp³-hybridized carbons (Fsp3) is 0.750. The van der Waals surface area contributed by atoms with Crippen molar-refractivity contribution in [3.05, 3.63) is 5.28 Å². The zero-order valence-corrected chi connectivity index (χ0v) is 12.7. The van der Waals surface area contributed by atoms with Crippen LogP contribution in [0.2, 0.25) is 5.28 Å². The molecule has 0 aliphatic rings. The molecule has 0 amide bonds. The van der Waals surface area contributed by atoms with Gasteiger partial charge in [0.05, 0.1) is 6.61 Å². The Morgan fingerprint density at radius 2 is 2.05 bits per heavy atom. The van der Waals surface area contributed by atoms with Crippen LogP contribution in [0.25, 0.3) is 0 Å². The van der Waals surface area contributed by atoms with Crippen LogP contribution < -0.4 is 10.1 Å². The van der Waals surface area contributed by atoms with Crippen molar-refractivity contribution in [3.8, 4) is 6.01 Å². The highest BCUT2D eigenvalue weighted by molar-refractivity contribution is 6.28. The summed E-state index contributed by atoms with van der Waals surface area (Å²) in [7, 11) is 4.09. The lowest BCUT2D eigenvalue weighted by molar-refractivity contribution is 0.291. The van der Waals surface area contributed by atoms with Gasteiger partial charge in [0.25, 0.3) is 0 Å². The Morgan fingerprint density at radius 3 is 2.68 bits per heavy atom. The van der Waals surface area contributed by atoms with Gasteiger partial charge < -0.3 is 15.0 Å². The van der Waals surface area contributed by atoms with Crippen LogP contribution in [-0.2, 0) is 0 Å². The summed E-state index contributed by atoms with van der Waals surface area (Å²) in [6.45, 7) is 5.65. The van der Waals surface area contributed by atoms with Gasteiger partial charge in [-0.2, -0.15) is 15.0 Å². The molecule has 1 aromatic rings. The lowest BCUT2D eigenvalue weighted by Gasteiger charge is -2.16. The Morgan fingerprint density at radius 1 is 1.32 bits per heavy atom. The second kappa shape index (κ2) is 8.12. The molecule has 19 heavy (non-hydrogen) atoms. The number of halogens is 1. The van der Waals surface area contributed by atoms with E-state index < -0.39 is 0 Å². The van der Waals surface area contributed by atoms with E-state index in [1.807, 2.05) is 21.0 Å². The first-order valence-electron chi connectivity index (χ1n) is 6.47. The van der Waals surface area contributed by atoms with Crippen LogP contribution in [-0.4, -0.2) is 53.1 Å². The Bertz CT molecular complexity index is 388. The minimum atomic E-state index is 0.142. The van der Waals surface area contributed by atoms with Crippen LogP contribution in [0.3, 0.4) is 0 Å². The van der Waals surface area contributed by atoms with Gasteiger partial charge in [-0.05, 0) is 52.0 Å². The summed E-state index contributed by atoms with van der Waals surface area (Å²) >= 11 is 5.85. The summed E-state index contributed by atoms with van der Waals surface area (Å²) in [6.07, 6.45) is 1.88. The smallest absolute Gasteiger partial charge is 0.322 e. The SMILES string of the molecule is CCCOc1nc(Cl)nc(NC(C)CCN(C)C)n1. The van der Waals surface area contributed by atoms with E-state index in [1.165, 1.54) is 0 Å². The Balaban J connectivity index is 2.59. The highest BCUT2D eigenvalue weighted by Gasteiger charge is 2.09. The molecule has 0 aliphatic heterocycles. The van der Waals surface area contributed by atoms with Gasteiger partial charge in [0.15, 0.2) is 0 Å². The van der Waals surface area contributed by atoms with E-state index in [0.29, 0.717) is 12.6 Å². The summed E-state index contributed by atoms with van der Waals surface area (Å²) in [4.78, 5) is 14.3. The largest absolute Gasteiger partial charge is 0.463 e. The van der Waals surface area contributed by atoms with Crippen molar-refractivity contribution in [3.63, 3.8) is 0 Å². The molecule has 0 saturated carbocycles. The van der Waals surface area contributed by atoms with Crippen LogP contribution in [0.1, 0.15) is 26.7 Å². The molecule has 7 heteroatoms. The van der Waals surface area contributed by atoms with Crippen molar-refractivity contribution in [2.45, 2.75) is 32.7 Å². The van der Waals surface area contributed by atoms with Crippen molar-refractivity contribution in [1.82, 2.24) is 19.9 Å². The van der Waals surface area contributed by atoms with Crippen molar-refractivity contribution < 1.29 is 4.74 Å². The normalized spacial score (nSPS) is 12.5. The molecule has 0 saturated heterocycles. The van der Waals surface area contributed by atoms with E-state index in [9.17, 15) is 0 Å². The molecular formula is C12H22ClN5O. The van der Waals surface area contributed by atoms with Crippen molar-refractivity contribution in [2.75, 3.05) is 32.6 Å². The summed E-state index contributed by atoms with van der Waals surface area (Å²) in [6, 6.07) is 0.518. The quantitative estimate of drug-likeness (QED) is 0.790. The highest BCUT2D eigenvalue weighted by atomic mass is 35.5. The maximum Gasteiger partial charge on any atom is 0.322 e. The van der Waals surface area contributed by atoms with Crippen molar-refractivity contribution in [2.24, 2.45) is 0 Å². The van der Waals surface area contributed by atoms with E-state index in [1.54, 1.807) is 0 Å². The molecule has 0 aromatic carbocycles. The third kappa shape index (κ3) is 6.54. The Kier molecular flexibility index (Phi) is 6.80. The van der Waals surface area contributed by atoms with Gasteiger partial charge in [-0.25, -0.2) is 0 Å². The second-order valence-corrected chi connectivity index (χ2v) is 5.03. The molecule has 1 unspecified atom stereocenters. The first-order chi connectivity index (χ1) is 9.01. The van der Waals surface area contributed by atoms with E-state index >= 15 is 0 Å². The maximum atomic E-state index is 5.85. The van der Waals surface area contributed by atoms with Gasteiger partial charge in [-0.1, -0.05) is 6.92 Å². The fourth-order valence-corrected chi connectivity index (χ4v) is 1.55. The standard InChI is InChI=1S/C12H22ClN5O/c1-5-8-19-12-16-10(13)15-11(17-12)14-9(2)6-7-18(3)4/h9H,5-8H2,1-4H3,(H,14,15,16,17). The second-order valence-electron chi connectivity index (χ2n) is 4.70. The minimum absolute atomic E-state index is 0.142. The first-order valence-corrected chi connectivity index (χ1v) is 6.84. The van der Waals surface area contributed by atoms with Crippen molar-refractivity contribution in [1.29, 1.82) is 0 Å². The number of nitrogens with one attached hydrogen (secondary N) is 1. The monoisotopic (exact) mass is 287 g/mol. The van der Waals surface area contributed by atoms with Gasteiger partial charge >= 0.3 is 6.01 Å². The predicted molar refractivity (Wildman–Crippen MR) is 76.9 cm³/mol. The third-order valence-electron chi connectivity index (χ3n) is 2.41. The number of hydrogen-bond acceptors (Lipinski definition) is 6. The Hall–Kier alpha value is -1.14. The molecule has 1 N–H and O–H groups in total. The molecule has 1 aromatic heterocycles. The molecule has 0 spiro atoms. The van der Waals surface area contributed by atoms with Crippen LogP contribution in [0.5, 0.6) is 6.01 Å². The van der Waals surface area contributed by atoms with E-state index in [2.05, 4.69) is 32.1 Å². The molecule has 0 fully saturated rings. The molecular weight excluding hydrogens is 266 g/mol. The van der Waals surface area contributed by atoms with Crippen molar-refractivity contribution >= 4 is 17.5 Å². The van der Waals surface area contributed by atoms with Gasteiger partial charge in [0.1, 0.15) is 0 Å². The van der Waals surface area contributed by atoms with Crippen LogP contribution >= 0.6 is 11.6 Å². The minimum Gasteiger partial charge on any atom is -0.463 e. The maximum absolute atomic E-state index is 5.85. The first kappa shape index (κ1) is 15.9. The molecule has 0 radical (unpaired) electrons. The highest BCUT2D eigenvalue weighted by Crippen LogP contribution is 2.13. The van der Waals surface area contributed by atoms with Crippen LogP contribution in [0.4, 0.5) is 5.95 Å². The molecule has 108 valence electrons. The van der Waals surface area contributed by atoms with E-state index in [-0.39, 0.29) is 17.3 Å². The topological polar surface area (TPSA) is 63.2 Å². The Labute approximate surface area is 119 Å². The number of ether oxygens (including phenoxy) is 1. The summed E-state index contributed by atoms with van der Waals surface area (Å²) in [5, 5.41) is 3.34.